The fourth-order valence-electron chi connectivity index (χ4n) is 2.20. The van der Waals surface area contributed by atoms with Gasteiger partial charge >= 0.3 is 6.03 Å². The molecule has 2 aromatic carbocycles. The fraction of sp³-hybridized carbons (Fsp3) is 0.118. The molecule has 3 aromatic rings. The van der Waals surface area contributed by atoms with E-state index in [0.29, 0.717) is 37.4 Å². The fourth-order valence-corrected chi connectivity index (χ4v) is 3.39. The number of nitrogens with zero attached hydrogens (tertiary/aromatic N) is 2. The van der Waals surface area contributed by atoms with Crippen LogP contribution in [0.4, 0.5) is 15.6 Å². The molecule has 1 heterocycles. The number of nitrogens with one attached hydrogen (secondary N) is 2. The molecule has 0 bridgehead atoms. The van der Waals surface area contributed by atoms with Crippen LogP contribution in [-0.4, -0.2) is 30.4 Å². The van der Waals surface area contributed by atoms with E-state index in [2.05, 4.69) is 20.8 Å². The summed E-state index contributed by atoms with van der Waals surface area (Å²) in [6.07, 6.45) is 0. The van der Waals surface area contributed by atoms with Crippen LogP contribution in [-0.2, 0) is 0 Å². The summed E-state index contributed by atoms with van der Waals surface area (Å²) < 4.78 is 10.5. The lowest BCUT2D eigenvalue weighted by Crippen LogP contribution is -2.19. The molecule has 10 heteroatoms. The second-order valence-corrected chi connectivity index (χ2v) is 7.01. The number of ether oxygens (including phenoxy) is 2. The number of rotatable bonds is 5. The normalized spacial score (nSPS) is 10.4. The summed E-state index contributed by atoms with van der Waals surface area (Å²) in [7, 11) is 3.12. The Balaban J connectivity index is 1.71. The molecule has 0 saturated heterocycles. The van der Waals surface area contributed by atoms with E-state index in [1.54, 1.807) is 44.6 Å². The molecule has 0 fully saturated rings. The summed E-state index contributed by atoms with van der Waals surface area (Å²) in [6, 6.07) is 9.68. The van der Waals surface area contributed by atoms with Crippen molar-refractivity contribution in [2.24, 2.45) is 0 Å². The van der Waals surface area contributed by atoms with E-state index in [4.69, 9.17) is 32.7 Å². The Kier molecular flexibility index (Phi) is 6.00. The number of hydrogen-bond donors (Lipinski definition) is 2. The molecule has 0 aliphatic rings. The lowest BCUT2D eigenvalue weighted by molar-refractivity contribution is 0.262. The highest BCUT2D eigenvalue weighted by molar-refractivity contribution is 7.18. The summed E-state index contributed by atoms with van der Waals surface area (Å²) in [5.41, 5.74) is 1.22. The molecule has 0 aliphatic carbocycles. The first-order chi connectivity index (χ1) is 13.0. The lowest BCUT2D eigenvalue weighted by atomic mass is 10.2. The molecular weight excluding hydrogens is 411 g/mol. The maximum absolute atomic E-state index is 12.1. The zero-order valence-electron chi connectivity index (χ0n) is 14.2. The summed E-state index contributed by atoms with van der Waals surface area (Å²) in [5.74, 6) is 1.19. The third-order valence-corrected chi connectivity index (χ3v) is 4.89. The number of carbonyl (C=O) groups is 1. The topological polar surface area (TPSA) is 85.4 Å². The number of carbonyl (C=O) groups excluding carboxylic acids is 1. The molecule has 27 heavy (non-hydrogen) atoms. The Morgan fingerprint density at radius 3 is 2.48 bits per heavy atom. The molecule has 2 amide bonds. The Morgan fingerprint density at radius 1 is 1.00 bits per heavy atom. The molecule has 0 radical (unpaired) electrons. The summed E-state index contributed by atoms with van der Waals surface area (Å²) >= 11 is 13.1. The van der Waals surface area contributed by atoms with E-state index < -0.39 is 6.03 Å². The third-order valence-electron chi connectivity index (χ3n) is 3.46. The molecule has 0 unspecified atom stereocenters. The molecule has 0 spiro atoms. The average molecular weight is 425 g/mol. The highest BCUT2D eigenvalue weighted by Crippen LogP contribution is 2.34. The van der Waals surface area contributed by atoms with Gasteiger partial charge in [-0.1, -0.05) is 34.5 Å². The predicted octanol–water partition coefficient (Wildman–Crippen LogP) is 5.17. The van der Waals surface area contributed by atoms with Crippen LogP contribution in [0.25, 0.3) is 10.6 Å². The number of methoxy groups -OCH3 is 2. The molecule has 2 N–H and O–H groups in total. The van der Waals surface area contributed by atoms with E-state index in [0.717, 1.165) is 5.56 Å². The Morgan fingerprint density at radius 2 is 1.78 bits per heavy atom. The van der Waals surface area contributed by atoms with Crippen LogP contribution < -0.4 is 20.1 Å². The zero-order chi connectivity index (χ0) is 19.4. The monoisotopic (exact) mass is 424 g/mol. The van der Waals surface area contributed by atoms with Crippen molar-refractivity contribution in [3.63, 3.8) is 0 Å². The van der Waals surface area contributed by atoms with Gasteiger partial charge < -0.3 is 14.8 Å². The molecule has 1 aromatic heterocycles. The second kappa shape index (κ2) is 8.43. The Bertz CT molecular complexity index is 981. The largest absolute Gasteiger partial charge is 0.493 e. The summed E-state index contributed by atoms with van der Waals surface area (Å²) in [6.45, 7) is 0. The van der Waals surface area contributed by atoms with Crippen molar-refractivity contribution < 1.29 is 14.3 Å². The smallest absolute Gasteiger partial charge is 0.325 e. The maximum atomic E-state index is 12.1. The van der Waals surface area contributed by atoms with Gasteiger partial charge in [-0.05, 0) is 36.4 Å². The van der Waals surface area contributed by atoms with Crippen molar-refractivity contribution in [1.82, 2.24) is 10.2 Å². The lowest BCUT2D eigenvalue weighted by Gasteiger charge is -2.08. The van der Waals surface area contributed by atoms with Crippen molar-refractivity contribution in [3.8, 4) is 22.1 Å². The molecule has 140 valence electrons. The first kappa shape index (κ1) is 19.2. The number of anilines is 2. The van der Waals surface area contributed by atoms with Crippen LogP contribution in [0.5, 0.6) is 11.5 Å². The van der Waals surface area contributed by atoms with Crippen molar-refractivity contribution in [2.45, 2.75) is 0 Å². The molecule has 7 nitrogen and oxygen atoms in total. The van der Waals surface area contributed by atoms with Gasteiger partial charge in [-0.2, -0.15) is 0 Å². The first-order valence-corrected chi connectivity index (χ1v) is 9.16. The van der Waals surface area contributed by atoms with Gasteiger partial charge in [0.05, 0.1) is 24.9 Å². The molecular formula is C17H14Cl2N4O3S. The highest BCUT2D eigenvalue weighted by atomic mass is 35.5. The SMILES string of the molecule is COc1ccc(-c2nnc(NC(=O)Nc3ccc(Cl)cc3Cl)s2)cc1OC. The van der Waals surface area contributed by atoms with Gasteiger partial charge in [0.1, 0.15) is 5.01 Å². The van der Waals surface area contributed by atoms with Gasteiger partial charge in [0.15, 0.2) is 11.5 Å². The zero-order valence-corrected chi connectivity index (χ0v) is 16.6. The van der Waals surface area contributed by atoms with Crippen molar-refractivity contribution >= 4 is 51.4 Å². The maximum Gasteiger partial charge on any atom is 0.325 e. The van der Waals surface area contributed by atoms with Crippen LogP contribution in [0.3, 0.4) is 0 Å². The van der Waals surface area contributed by atoms with E-state index >= 15 is 0 Å². The Labute approximate surface area is 169 Å². The Hall–Kier alpha value is -2.55. The number of halogens is 2. The minimum atomic E-state index is -0.491. The van der Waals surface area contributed by atoms with Gasteiger partial charge in [0.2, 0.25) is 5.13 Å². The van der Waals surface area contributed by atoms with E-state index in [-0.39, 0.29) is 0 Å². The van der Waals surface area contributed by atoms with Crippen molar-refractivity contribution in [2.75, 3.05) is 24.9 Å². The van der Waals surface area contributed by atoms with Crippen LogP contribution in [0, 0.1) is 0 Å². The molecule has 0 aliphatic heterocycles. The van der Waals surface area contributed by atoms with Crippen LogP contribution in [0.2, 0.25) is 10.0 Å². The average Bonchev–Trinajstić information content (AvgIpc) is 3.11. The number of aromatic nitrogens is 2. The van der Waals surface area contributed by atoms with Crippen molar-refractivity contribution in [1.29, 1.82) is 0 Å². The van der Waals surface area contributed by atoms with Gasteiger partial charge in [0, 0.05) is 10.6 Å². The highest BCUT2D eigenvalue weighted by Gasteiger charge is 2.13. The van der Waals surface area contributed by atoms with Crippen molar-refractivity contribution in [3.05, 3.63) is 46.4 Å². The van der Waals surface area contributed by atoms with Crippen LogP contribution in [0.1, 0.15) is 0 Å². The van der Waals surface area contributed by atoms with E-state index in [1.807, 2.05) is 6.07 Å². The summed E-state index contributed by atoms with van der Waals surface area (Å²) in [5, 5.41) is 15.1. The summed E-state index contributed by atoms with van der Waals surface area (Å²) in [4.78, 5) is 12.1. The third kappa shape index (κ3) is 4.60. The number of benzene rings is 2. The van der Waals surface area contributed by atoms with Gasteiger partial charge in [0.25, 0.3) is 0 Å². The first-order valence-electron chi connectivity index (χ1n) is 7.59. The predicted molar refractivity (Wildman–Crippen MR) is 108 cm³/mol. The number of amides is 2. The quantitative estimate of drug-likeness (QED) is 0.589. The number of urea groups is 1. The van der Waals surface area contributed by atoms with E-state index in [1.165, 1.54) is 11.3 Å². The van der Waals surface area contributed by atoms with Gasteiger partial charge in [-0.3, -0.25) is 5.32 Å². The van der Waals surface area contributed by atoms with Gasteiger partial charge in [-0.25, -0.2) is 4.79 Å². The second-order valence-electron chi connectivity index (χ2n) is 5.19. The molecule has 0 atom stereocenters. The molecule has 3 rings (SSSR count). The molecule has 0 saturated carbocycles. The number of hydrogen-bond acceptors (Lipinski definition) is 6. The van der Waals surface area contributed by atoms with Gasteiger partial charge in [-0.15, -0.1) is 10.2 Å². The van der Waals surface area contributed by atoms with Crippen LogP contribution >= 0.6 is 34.5 Å². The minimum Gasteiger partial charge on any atom is -0.493 e. The van der Waals surface area contributed by atoms with Crippen LogP contribution in [0.15, 0.2) is 36.4 Å². The minimum absolute atomic E-state index is 0.334. The standard InChI is InChI=1S/C17H14Cl2N4O3S/c1-25-13-6-3-9(7-14(13)26-2)15-22-23-17(27-15)21-16(24)20-12-5-4-10(18)8-11(12)19/h3-8H,1-2H3,(H2,20,21,23,24). The van der Waals surface area contributed by atoms with E-state index in [9.17, 15) is 4.79 Å².